The topological polar surface area (TPSA) is 34.1 Å². The van der Waals surface area contributed by atoms with Crippen LogP contribution in [0.5, 0.6) is 0 Å². The van der Waals surface area contributed by atoms with Crippen LogP contribution in [0.4, 0.5) is 0 Å². The van der Waals surface area contributed by atoms with Crippen molar-refractivity contribution in [3.63, 3.8) is 0 Å². The summed E-state index contributed by atoms with van der Waals surface area (Å²) in [6.45, 7) is 0. The zero-order chi connectivity index (χ0) is 20.0. The normalized spacial score (nSPS) is 12.3. The van der Waals surface area contributed by atoms with Crippen LogP contribution in [-0.4, -0.2) is 0 Å². The molecule has 0 N–H and O–H groups in total. The maximum Gasteiger partial charge on any atom is 0.194 e. The fraction of sp³-hybridized carbons (Fsp3) is 0. The summed E-state index contributed by atoms with van der Waals surface area (Å²) in [5.74, 6) is 0. The van der Waals surface area contributed by atoms with Gasteiger partial charge in [-0.05, 0) is 67.4 Å². The lowest BCUT2D eigenvalue weighted by molar-refractivity contribution is 1.80. The van der Waals surface area contributed by atoms with Gasteiger partial charge in [0.15, 0.2) is 10.9 Å². The van der Waals surface area contributed by atoms with Gasteiger partial charge in [-0.2, -0.15) is 0 Å². The molecule has 138 valence electrons. The van der Waals surface area contributed by atoms with E-state index in [1.807, 2.05) is 54.6 Å². The molecule has 0 amide bonds. The van der Waals surface area contributed by atoms with Crippen LogP contribution in [0.1, 0.15) is 0 Å². The molecule has 30 heavy (non-hydrogen) atoms. The predicted molar refractivity (Wildman–Crippen MR) is 126 cm³/mol. The maximum atomic E-state index is 13.2. The number of benzene rings is 5. The molecular formula is C28H14O2. The molecular weight excluding hydrogens is 368 g/mol. The van der Waals surface area contributed by atoms with E-state index >= 15 is 0 Å². The Balaban J connectivity index is 1.69. The summed E-state index contributed by atoms with van der Waals surface area (Å²) in [4.78, 5) is 26.1. The lowest BCUT2D eigenvalue weighted by Crippen LogP contribution is -1.95. The minimum atomic E-state index is 0.0735. The summed E-state index contributed by atoms with van der Waals surface area (Å²) < 4.78 is 0. The molecule has 0 unspecified atom stereocenters. The van der Waals surface area contributed by atoms with Crippen LogP contribution >= 0.6 is 0 Å². The first-order valence-electron chi connectivity index (χ1n) is 10.0. The third-order valence-electron chi connectivity index (χ3n) is 6.51. The molecule has 7 aromatic rings. The Kier molecular flexibility index (Phi) is 2.80. The monoisotopic (exact) mass is 382 g/mol. The molecule has 0 radical (unpaired) electrons. The molecule has 0 spiro atoms. The van der Waals surface area contributed by atoms with E-state index in [0.29, 0.717) is 0 Å². The van der Waals surface area contributed by atoms with Gasteiger partial charge in [0.25, 0.3) is 0 Å². The SMILES string of the molecule is O=c1c2ccccc2c2cc3cc4ccc5c6ccccc6c(=O)c5c4cc3cc12. The van der Waals surface area contributed by atoms with E-state index in [1.54, 1.807) is 0 Å². The average Bonchev–Trinajstić information content (AvgIpc) is 3.23. The van der Waals surface area contributed by atoms with Gasteiger partial charge in [-0.15, -0.1) is 0 Å². The average molecular weight is 382 g/mol. The molecule has 0 aromatic heterocycles. The molecule has 0 atom stereocenters. The van der Waals surface area contributed by atoms with Crippen molar-refractivity contribution in [3.8, 4) is 0 Å². The fourth-order valence-corrected chi connectivity index (χ4v) is 5.11. The van der Waals surface area contributed by atoms with E-state index in [9.17, 15) is 9.59 Å². The van der Waals surface area contributed by atoms with Crippen molar-refractivity contribution in [2.24, 2.45) is 0 Å². The van der Waals surface area contributed by atoms with Gasteiger partial charge >= 0.3 is 0 Å². The van der Waals surface area contributed by atoms with Crippen LogP contribution in [0.3, 0.4) is 0 Å². The summed E-state index contributed by atoms with van der Waals surface area (Å²) in [5.41, 5.74) is 0.152. The van der Waals surface area contributed by atoms with Crippen LogP contribution in [0.25, 0.3) is 64.6 Å². The van der Waals surface area contributed by atoms with Gasteiger partial charge in [-0.1, -0.05) is 60.7 Å². The summed E-state index contributed by atoms with van der Waals surface area (Å²) in [6.07, 6.45) is 0. The molecule has 7 aromatic carbocycles. The van der Waals surface area contributed by atoms with E-state index in [2.05, 4.69) is 30.3 Å². The largest absolute Gasteiger partial charge is 0.289 e. The minimum Gasteiger partial charge on any atom is -0.289 e. The zero-order valence-electron chi connectivity index (χ0n) is 15.9. The Morgan fingerprint density at radius 2 is 0.933 bits per heavy atom. The van der Waals surface area contributed by atoms with E-state index in [4.69, 9.17) is 0 Å². The number of rotatable bonds is 0. The molecule has 7 rings (SSSR count). The lowest BCUT2D eigenvalue weighted by atomic mass is 9.98. The van der Waals surface area contributed by atoms with E-state index in [1.165, 1.54) is 0 Å². The molecule has 2 nitrogen and oxygen atoms in total. The number of fused-ring (bicyclic) bond motifs is 9. The highest BCUT2D eigenvalue weighted by atomic mass is 16.1. The van der Waals surface area contributed by atoms with Gasteiger partial charge in [0, 0.05) is 21.5 Å². The van der Waals surface area contributed by atoms with E-state index in [-0.39, 0.29) is 10.9 Å². The van der Waals surface area contributed by atoms with E-state index < -0.39 is 0 Å². The van der Waals surface area contributed by atoms with Crippen LogP contribution in [-0.2, 0) is 0 Å². The van der Waals surface area contributed by atoms with E-state index in [0.717, 1.165) is 64.6 Å². The molecule has 0 aliphatic carbocycles. The molecule has 0 saturated heterocycles. The second-order valence-electron chi connectivity index (χ2n) is 8.06. The van der Waals surface area contributed by atoms with Gasteiger partial charge < -0.3 is 0 Å². The van der Waals surface area contributed by atoms with Crippen molar-refractivity contribution in [2.45, 2.75) is 0 Å². The number of hydrogen-bond acceptors (Lipinski definition) is 2. The van der Waals surface area contributed by atoms with Crippen LogP contribution < -0.4 is 10.9 Å². The Morgan fingerprint density at radius 1 is 0.367 bits per heavy atom. The highest BCUT2D eigenvalue weighted by Crippen LogP contribution is 2.35. The summed E-state index contributed by atoms with van der Waals surface area (Å²) in [5, 5.41) is 11.1. The first-order valence-corrected chi connectivity index (χ1v) is 10.0. The first-order chi connectivity index (χ1) is 14.7. The van der Waals surface area contributed by atoms with Crippen LogP contribution in [0, 0.1) is 0 Å². The van der Waals surface area contributed by atoms with Crippen LogP contribution in [0.2, 0.25) is 0 Å². The predicted octanol–water partition coefficient (Wildman–Crippen LogP) is 6.20. The van der Waals surface area contributed by atoms with Crippen LogP contribution in [0.15, 0.2) is 94.5 Å². The third kappa shape index (κ3) is 1.84. The molecule has 0 heterocycles. The van der Waals surface area contributed by atoms with Crippen molar-refractivity contribution < 1.29 is 0 Å². The molecule has 0 aliphatic heterocycles. The highest BCUT2D eigenvalue weighted by molar-refractivity contribution is 6.23. The summed E-state index contributed by atoms with van der Waals surface area (Å²) in [6, 6.07) is 28.0. The second kappa shape index (κ2) is 5.31. The Labute approximate surface area is 170 Å². The van der Waals surface area contributed by atoms with Crippen molar-refractivity contribution in [1.29, 1.82) is 0 Å². The summed E-state index contributed by atoms with van der Waals surface area (Å²) in [7, 11) is 0. The van der Waals surface area contributed by atoms with Crippen molar-refractivity contribution >= 4 is 64.6 Å². The fourth-order valence-electron chi connectivity index (χ4n) is 5.11. The highest BCUT2D eigenvalue weighted by Gasteiger charge is 2.15. The standard InChI is InChI=1S/C28H14O2/c29-27-21-7-3-2-6-19(21)24-13-16-11-15-9-10-20-18-5-1-4-8-22(18)28(30)26(20)23(15)12-17(16)14-25(24)27/h1-14H. The lowest BCUT2D eigenvalue weighted by Gasteiger charge is -2.05. The van der Waals surface area contributed by atoms with Gasteiger partial charge in [-0.25, -0.2) is 0 Å². The summed E-state index contributed by atoms with van der Waals surface area (Å²) >= 11 is 0. The second-order valence-corrected chi connectivity index (χ2v) is 8.06. The Hall–Kier alpha value is -4.04. The maximum absolute atomic E-state index is 13.2. The molecule has 0 fully saturated rings. The molecule has 0 saturated carbocycles. The smallest absolute Gasteiger partial charge is 0.194 e. The molecule has 2 heteroatoms. The first kappa shape index (κ1) is 15.8. The molecule has 0 bridgehead atoms. The Morgan fingerprint density at radius 3 is 1.70 bits per heavy atom. The van der Waals surface area contributed by atoms with Gasteiger partial charge in [0.1, 0.15) is 0 Å². The number of hydrogen-bond donors (Lipinski definition) is 0. The van der Waals surface area contributed by atoms with Crippen molar-refractivity contribution in [3.05, 3.63) is 105 Å². The van der Waals surface area contributed by atoms with Gasteiger partial charge in [0.2, 0.25) is 0 Å². The zero-order valence-corrected chi connectivity index (χ0v) is 15.9. The minimum absolute atomic E-state index is 0.0735. The van der Waals surface area contributed by atoms with Crippen molar-refractivity contribution in [1.82, 2.24) is 0 Å². The molecule has 0 aliphatic rings. The van der Waals surface area contributed by atoms with Crippen molar-refractivity contribution in [2.75, 3.05) is 0 Å². The van der Waals surface area contributed by atoms with Gasteiger partial charge in [0.05, 0.1) is 0 Å². The van der Waals surface area contributed by atoms with Gasteiger partial charge in [-0.3, -0.25) is 9.59 Å². The Bertz CT molecular complexity index is 1920. The quantitative estimate of drug-likeness (QED) is 0.293. The third-order valence-corrected chi connectivity index (χ3v) is 6.51.